The van der Waals surface area contributed by atoms with Crippen LogP contribution in [0.5, 0.6) is 0 Å². The maximum absolute atomic E-state index is 12.9. The van der Waals surface area contributed by atoms with E-state index in [1.54, 1.807) is 0 Å². The van der Waals surface area contributed by atoms with E-state index in [1.807, 2.05) is 6.92 Å². The zero-order chi connectivity index (χ0) is 13.5. The molecule has 5 fully saturated rings. The second-order valence-corrected chi connectivity index (χ2v) is 8.42. The van der Waals surface area contributed by atoms with Crippen LogP contribution in [0, 0.1) is 40.4 Å². The van der Waals surface area contributed by atoms with Crippen molar-refractivity contribution in [1.29, 1.82) is 0 Å². The van der Waals surface area contributed by atoms with E-state index in [4.69, 9.17) is 4.74 Å². The molecule has 0 aromatic rings. The first-order valence-corrected chi connectivity index (χ1v) is 8.89. The van der Waals surface area contributed by atoms with Gasteiger partial charge in [0.05, 0.1) is 12.0 Å². The maximum Gasteiger partial charge on any atom is 0.312 e. The van der Waals surface area contributed by atoms with Crippen molar-refractivity contribution in [3.63, 3.8) is 0 Å². The molecule has 0 radical (unpaired) electrons. The molecule has 0 saturated heterocycles. The van der Waals surface area contributed by atoms with E-state index in [-0.39, 0.29) is 11.4 Å². The van der Waals surface area contributed by atoms with Crippen LogP contribution < -0.4 is 0 Å². The first kappa shape index (κ1) is 12.1. The quantitative estimate of drug-likeness (QED) is 0.716. The SMILES string of the molecule is CCOC(=O)C12CC3(CC4CCCC41)C1CCC(C1)C32. The summed E-state index contributed by atoms with van der Waals surface area (Å²) in [5.74, 6) is 4.26. The Morgan fingerprint density at radius 1 is 1.20 bits per heavy atom. The van der Waals surface area contributed by atoms with Crippen molar-refractivity contribution < 1.29 is 9.53 Å². The van der Waals surface area contributed by atoms with Gasteiger partial charge in [0.2, 0.25) is 0 Å². The van der Waals surface area contributed by atoms with E-state index >= 15 is 0 Å². The van der Waals surface area contributed by atoms with E-state index in [1.165, 1.54) is 51.4 Å². The lowest BCUT2D eigenvalue weighted by Gasteiger charge is -2.71. The van der Waals surface area contributed by atoms with Crippen molar-refractivity contribution in [3.05, 3.63) is 0 Å². The maximum atomic E-state index is 12.9. The lowest BCUT2D eigenvalue weighted by molar-refractivity contribution is -0.254. The lowest BCUT2D eigenvalue weighted by atomic mass is 9.32. The minimum atomic E-state index is -0.0325. The van der Waals surface area contributed by atoms with Crippen LogP contribution in [0.4, 0.5) is 0 Å². The number of carbonyl (C=O) groups is 1. The van der Waals surface area contributed by atoms with Gasteiger partial charge in [-0.3, -0.25) is 4.79 Å². The van der Waals surface area contributed by atoms with Crippen LogP contribution in [-0.2, 0) is 9.53 Å². The van der Waals surface area contributed by atoms with Gasteiger partial charge in [0.15, 0.2) is 0 Å². The molecular formula is C18H26O2. The third-order valence-corrected chi connectivity index (χ3v) is 8.17. The monoisotopic (exact) mass is 274 g/mol. The fourth-order valence-corrected chi connectivity index (χ4v) is 8.07. The van der Waals surface area contributed by atoms with E-state index in [9.17, 15) is 4.79 Å². The zero-order valence-corrected chi connectivity index (χ0v) is 12.6. The topological polar surface area (TPSA) is 26.3 Å². The Bertz CT molecular complexity index is 472. The molecule has 4 bridgehead atoms. The van der Waals surface area contributed by atoms with E-state index in [0.717, 1.165) is 17.8 Å². The summed E-state index contributed by atoms with van der Waals surface area (Å²) in [6, 6.07) is 0. The predicted octanol–water partition coefficient (Wildman–Crippen LogP) is 3.79. The minimum Gasteiger partial charge on any atom is -0.466 e. The molecule has 1 spiro atoms. The molecule has 0 heterocycles. The van der Waals surface area contributed by atoms with Crippen LogP contribution in [0.1, 0.15) is 58.3 Å². The van der Waals surface area contributed by atoms with Gasteiger partial charge in [-0.15, -0.1) is 0 Å². The van der Waals surface area contributed by atoms with Crippen LogP contribution in [-0.4, -0.2) is 12.6 Å². The third-order valence-electron chi connectivity index (χ3n) is 8.17. The Hall–Kier alpha value is -0.530. The van der Waals surface area contributed by atoms with Crippen molar-refractivity contribution in [2.45, 2.75) is 58.3 Å². The first-order valence-electron chi connectivity index (χ1n) is 8.89. The highest BCUT2D eigenvalue weighted by atomic mass is 16.5. The predicted molar refractivity (Wildman–Crippen MR) is 75.9 cm³/mol. The summed E-state index contributed by atoms with van der Waals surface area (Å²) in [5.41, 5.74) is 0.552. The molecule has 5 saturated carbocycles. The Morgan fingerprint density at radius 2 is 2.10 bits per heavy atom. The normalized spacial score (nSPS) is 58.0. The van der Waals surface area contributed by atoms with Crippen LogP contribution in [0.25, 0.3) is 0 Å². The number of hydrogen-bond acceptors (Lipinski definition) is 2. The molecule has 0 amide bonds. The summed E-state index contributed by atoms with van der Waals surface area (Å²) in [5, 5.41) is 0. The smallest absolute Gasteiger partial charge is 0.312 e. The van der Waals surface area contributed by atoms with Crippen molar-refractivity contribution in [1.82, 2.24) is 0 Å². The number of fused-ring (bicyclic) bond motifs is 7. The highest BCUT2D eigenvalue weighted by Crippen LogP contribution is 2.84. The Labute approximate surface area is 121 Å². The Balaban J connectivity index is 1.60. The van der Waals surface area contributed by atoms with Crippen LogP contribution in [0.2, 0.25) is 0 Å². The molecule has 2 nitrogen and oxygen atoms in total. The molecule has 110 valence electrons. The van der Waals surface area contributed by atoms with Crippen molar-refractivity contribution in [2.24, 2.45) is 40.4 Å². The molecule has 2 heteroatoms. The summed E-state index contributed by atoms with van der Waals surface area (Å²) in [6.45, 7) is 2.53. The summed E-state index contributed by atoms with van der Waals surface area (Å²) < 4.78 is 5.60. The molecule has 7 atom stereocenters. The summed E-state index contributed by atoms with van der Waals surface area (Å²) in [7, 11) is 0. The van der Waals surface area contributed by atoms with E-state index in [2.05, 4.69) is 0 Å². The molecule has 20 heavy (non-hydrogen) atoms. The molecule has 0 aromatic carbocycles. The van der Waals surface area contributed by atoms with Crippen molar-refractivity contribution in [3.8, 4) is 0 Å². The van der Waals surface area contributed by atoms with Gasteiger partial charge < -0.3 is 4.74 Å². The number of carbonyl (C=O) groups excluding carboxylic acids is 1. The number of rotatable bonds is 2. The summed E-state index contributed by atoms with van der Waals surface area (Å²) in [6.07, 6.45) is 11.0. The number of esters is 1. The molecule has 5 rings (SSSR count). The average molecular weight is 274 g/mol. The highest BCUT2D eigenvalue weighted by molar-refractivity contribution is 5.80. The van der Waals surface area contributed by atoms with Gasteiger partial charge in [-0.05, 0) is 80.5 Å². The largest absolute Gasteiger partial charge is 0.466 e. The van der Waals surface area contributed by atoms with Gasteiger partial charge in [-0.2, -0.15) is 0 Å². The Kier molecular flexibility index (Phi) is 2.18. The lowest BCUT2D eigenvalue weighted by Crippen LogP contribution is -2.70. The standard InChI is InChI=1S/C18H26O2/c1-2-20-16(19)18-10-17(9-12-4-3-5-14(12)18)13-7-6-11(8-13)15(17)18/h11-15H,2-10H2,1H3. The molecule has 0 aliphatic heterocycles. The van der Waals surface area contributed by atoms with Crippen LogP contribution in [0.15, 0.2) is 0 Å². The number of hydrogen-bond donors (Lipinski definition) is 0. The minimum absolute atomic E-state index is 0.0325. The molecular weight excluding hydrogens is 248 g/mol. The van der Waals surface area contributed by atoms with E-state index in [0.29, 0.717) is 23.9 Å². The first-order chi connectivity index (χ1) is 9.72. The molecule has 7 unspecified atom stereocenters. The van der Waals surface area contributed by atoms with Crippen LogP contribution >= 0.6 is 0 Å². The van der Waals surface area contributed by atoms with Crippen molar-refractivity contribution in [2.75, 3.05) is 6.61 Å². The van der Waals surface area contributed by atoms with Gasteiger partial charge in [0, 0.05) is 0 Å². The van der Waals surface area contributed by atoms with Crippen LogP contribution in [0.3, 0.4) is 0 Å². The van der Waals surface area contributed by atoms with Crippen molar-refractivity contribution >= 4 is 5.97 Å². The fraction of sp³-hybridized carbons (Fsp3) is 0.944. The fourth-order valence-electron chi connectivity index (χ4n) is 8.07. The van der Waals surface area contributed by atoms with Gasteiger partial charge in [0.1, 0.15) is 0 Å². The summed E-state index contributed by atoms with van der Waals surface area (Å²) >= 11 is 0. The third kappa shape index (κ3) is 1.07. The molecule has 5 aliphatic rings. The highest BCUT2D eigenvalue weighted by Gasteiger charge is 2.81. The van der Waals surface area contributed by atoms with Gasteiger partial charge >= 0.3 is 5.97 Å². The Morgan fingerprint density at radius 3 is 2.95 bits per heavy atom. The zero-order valence-electron chi connectivity index (χ0n) is 12.6. The van der Waals surface area contributed by atoms with Gasteiger partial charge in [-0.1, -0.05) is 12.8 Å². The second-order valence-electron chi connectivity index (χ2n) is 8.42. The second kappa shape index (κ2) is 3.62. The average Bonchev–Trinajstić information content (AvgIpc) is 3.09. The van der Waals surface area contributed by atoms with Gasteiger partial charge in [0.25, 0.3) is 0 Å². The molecule has 0 N–H and O–H groups in total. The molecule has 5 aliphatic carbocycles. The van der Waals surface area contributed by atoms with E-state index < -0.39 is 0 Å². The molecule has 0 aromatic heterocycles. The van der Waals surface area contributed by atoms with Gasteiger partial charge in [-0.25, -0.2) is 0 Å². The summed E-state index contributed by atoms with van der Waals surface area (Å²) in [4.78, 5) is 12.9. The number of ether oxygens (including phenoxy) is 1.